The van der Waals surface area contributed by atoms with Gasteiger partial charge >= 0.3 is 5.97 Å². The van der Waals surface area contributed by atoms with Crippen molar-refractivity contribution in [2.24, 2.45) is 4.99 Å². The fourth-order valence-corrected chi connectivity index (χ4v) is 3.62. The summed E-state index contributed by atoms with van der Waals surface area (Å²) in [5, 5.41) is 0. The molecule has 0 N–H and O–H groups in total. The average Bonchev–Trinajstić information content (AvgIpc) is 2.98. The van der Waals surface area contributed by atoms with Crippen LogP contribution in [0.5, 0.6) is 0 Å². The molecule has 0 fully saturated rings. The highest BCUT2D eigenvalue weighted by molar-refractivity contribution is 7.89. The van der Waals surface area contributed by atoms with Crippen molar-refractivity contribution in [3.05, 3.63) is 70.4 Å². The maximum atomic E-state index is 12.3. The Morgan fingerprint density at radius 3 is 2.48 bits per heavy atom. The highest BCUT2D eigenvalue weighted by atomic mass is 32.2. The van der Waals surface area contributed by atoms with Crippen LogP contribution in [0.4, 0.5) is 0 Å². The predicted molar refractivity (Wildman–Crippen MR) is 104 cm³/mol. The van der Waals surface area contributed by atoms with E-state index in [1.54, 1.807) is 18.2 Å². The molecule has 1 heterocycles. The van der Waals surface area contributed by atoms with Gasteiger partial charge in [0.1, 0.15) is 0 Å². The van der Waals surface area contributed by atoms with Crippen LogP contribution in [0.2, 0.25) is 0 Å². The van der Waals surface area contributed by atoms with Gasteiger partial charge in [-0.2, -0.15) is 0 Å². The molecule has 2 aromatic carbocycles. The fourth-order valence-electron chi connectivity index (χ4n) is 2.67. The summed E-state index contributed by atoms with van der Waals surface area (Å²) in [4.78, 5) is 16.6. The second kappa shape index (κ2) is 7.09. The molecule has 140 valence electrons. The van der Waals surface area contributed by atoms with Gasteiger partial charge in [0.2, 0.25) is 15.9 Å². The zero-order valence-corrected chi connectivity index (χ0v) is 16.4. The molecule has 2 aromatic rings. The number of hydrogen-bond donors (Lipinski definition) is 0. The molecule has 7 heteroatoms. The molecule has 3 rings (SSSR count). The van der Waals surface area contributed by atoms with Gasteiger partial charge in [0.15, 0.2) is 5.70 Å². The van der Waals surface area contributed by atoms with Crippen molar-refractivity contribution in [1.29, 1.82) is 0 Å². The van der Waals surface area contributed by atoms with Gasteiger partial charge in [-0.25, -0.2) is 22.5 Å². The molecular weight excluding hydrogens is 364 g/mol. The number of aryl methyl sites for hydroxylation is 2. The van der Waals surface area contributed by atoms with E-state index in [9.17, 15) is 13.2 Å². The molecule has 0 spiro atoms. The van der Waals surface area contributed by atoms with Crippen LogP contribution in [0.3, 0.4) is 0 Å². The number of cyclic esters (lactones) is 1. The van der Waals surface area contributed by atoms with E-state index in [0.717, 1.165) is 21.0 Å². The lowest BCUT2D eigenvalue weighted by molar-refractivity contribution is -0.129. The second-order valence-corrected chi connectivity index (χ2v) is 8.66. The number of hydrogen-bond acceptors (Lipinski definition) is 5. The molecule has 0 saturated carbocycles. The van der Waals surface area contributed by atoms with E-state index in [4.69, 9.17) is 4.74 Å². The molecule has 1 aliphatic heterocycles. The van der Waals surface area contributed by atoms with Crippen LogP contribution in [-0.4, -0.2) is 38.7 Å². The van der Waals surface area contributed by atoms with Crippen LogP contribution < -0.4 is 0 Å². The van der Waals surface area contributed by atoms with Crippen molar-refractivity contribution in [3.8, 4) is 0 Å². The normalized spacial score (nSPS) is 16.0. The monoisotopic (exact) mass is 384 g/mol. The molecule has 1 aliphatic rings. The maximum Gasteiger partial charge on any atom is 0.363 e. The number of aliphatic imine (C=N–C) groups is 1. The number of ether oxygens (including phenoxy) is 1. The number of benzene rings is 2. The van der Waals surface area contributed by atoms with Gasteiger partial charge in [-0.3, -0.25) is 0 Å². The van der Waals surface area contributed by atoms with Crippen molar-refractivity contribution < 1.29 is 17.9 Å². The zero-order valence-electron chi connectivity index (χ0n) is 15.6. The van der Waals surface area contributed by atoms with E-state index in [2.05, 4.69) is 4.99 Å². The van der Waals surface area contributed by atoms with Crippen LogP contribution in [-0.2, 0) is 19.6 Å². The van der Waals surface area contributed by atoms with Gasteiger partial charge in [0.05, 0.1) is 4.90 Å². The Morgan fingerprint density at radius 2 is 1.81 bits per heavy atom. The third-order valence-corrected chi connectivity index (χ3v) is 6.01. The van der Waals surface area contributed by atoms with Crippen molar-refractivity contribution in [3.63, 3.8) is 0 Å². The highest BCUT2D eigenvalue weighted by Crippen LogP contribution is 2.23. The molecule has 6 nitrogen and oxygen atoms in total. The molecule has 0 saturated heterocycles. The maximum absolute atomic E-state index is 12.3. The van der Waals surface area contributed by atoms with Crippen LogP contribution in [0.15, 0.2) is 58.0 Å². The SMILES string of the molecule is Cc1ccc(/C=C2\N=C(c3cccc(S(=O)(=O)N(C)C)c3)OC2=O)c(C)c1. The molecule has 0 radical (unpaired) electrons. The van der Waals surface area contributed by atoms with E-state index in [0.29, 0.717) is 5.56 Å². The van der Waals surface area contributed by atoms with Gasteiger partial charge in [-0.1, -0.05) is 29.8 Å². The highest BCUT2D eigenvalue weighted by Gasteiger charge is 2.26. The summed E-state index contributed by atoms with van der Waals surface area (Å²) >= 11 is 0. The van der Waals surface area contributed by atoms with Gasteiger partial charge in [-0.05, 0) is 49.2 Å². The number of rotatable bonds is 4. The summed E-state index contributed by atoms with van der Waals surface area (Å²) in [5.41, 5.74) is 3.64. The minimum Gasteiger partial charge on any atom is -0.402 e. The van der Waals surface area contributed by atoms with Crippen molar-refractivity contribution in [2.75, 3.05) is 14.1 Å². The first-order valence-electron chi connectivity index (χ1n) is 8.31. The Morgan fingerprint density at radius 1 is 1.07 bits per heavy atom. The minimum atomic E-state index is -3.59. The van der Waals surface area contributed by atoms with E-state index in [-0.39, 0.29) is 16.5 Å². The summed E-state index contributed by atoms with van der Waals surface area (Å²) in [6.45, 7) is 3.96. The largest absolute Gasteiger partial charge is 0.402 e. The molecule has 0 aromatic heterocycles. The Hall–Kier alpha value is -2.77. The molecule has 0 aliphatic carbocycles. The lowest BCUT2D eigenvalue weighted by atomic mass is 10.0. The second-order valence-electron chi connectivity index (χ2n) is 6.51. The molecule has 0 unspecified atom stereocenters. The molecule has 0 amide bonds. The first-order chi connectivity index (χ1) is 12.7. The van der Waals surface area contributed by atoms with E-state index in [1.807, 2.05) is 32.0 Å². The van der Waals surface area contributed by atoms with Crippen molar-refractivity contribution in [1.82, 2.24) is 4.31 Å². The van der Waals surface area contributed by atoms with Gasteiger partial charge in [-0.15, -0.1) is 0 Å². The Balaban J connectivity index is 1.99. The molecule has 0 atom stereocenters. The summed E-state index contributed by atoms with van der Waals surface area (Å²) in [5.74, 6) is -0.474. The Labute approximate surface area is 158 Å². The first kappa shape index (κ1) is 19.0. The molecular formula is C20H20N2O4S. The topological polar surface area (TPSA) is 76.0 Å². The molecule has 0 bridgehead atoms. The van der Waals surface area contributed by atoms with E-state index < -0.39 is 16.0 Å². The van der Waals surface area contributed by atoms with Crippen molar-refractivity contribution >= 4 is 28.0 Å². The van der Waals surface area contributed by atoms with E-state index in [1.165, 1.54) is 26.2 Å². The minimum absolute atomic E-state index is 0.0896. The molecule has 27 heavy (non-hydrogen) atoms. The van der Waals surface area contributed by atoms with Gasteiger partial charge in [0, 0.05) is 19.7 Å². The Bertz CT molecular complexity index is 1080. The average molecular weight is 384 g/mol. The van der Waals surface area contributed by atoms with Gasteiger partial charge in [0.25, 0.3) is 0 Å². The standard InChI is InChI=1S/C20H20N2O4S/c1-13-8-9-15(14(2)10-13)12-18-20(23)26-19(21-18)16-6-5-7-17(11-16)27(24,25)22(3)4/h5-12H,1-4H3/b18-12-. The summed E-state index contributed by atoms with van der Waals surface area (Å²) in [6.07, 6.45) is 1.67. The first-order valence-corrected chi connectivity index (χ1v) is 9.75. The number of nitrogens with zero attached hydrogens (tertiary/aromatic N) is 2. The zero-order chi connectivity index (χ0) is 19.8. The number of esters is 1. The van der Waals surface area contributed by atoms with E-state index >= 15 is 0 Å². The number of carbonyl (C=O) groups is 1. The van der Waals surface area contributed by atoms with Crippen LogP contribution in [0.1, 0.15) is 22.3 Å². The number of carbonyl (C=O) groups excluding carboxylic acids is 1. The Kier molecular flexibility index (Phi) is 4.99. The summed E-state index contributed by atoms with van der Waals surface area (Å²) in [7, 11) is -0.675. The lowest BCUT2D eigenvalue weighted by Crippen LogP contribution is -2.22. The van der Waals surface area contributed by atoms with Crippen LogP contribution >= 0.6 is 0 Å². The summed E-state index contributed by atoms with van der Waals surface area (Å²) in [6, 6.07) is 12.1. The number of sulfonamides is 1. The lowest BCUT2D eigenvalue weighted by Gasteiger charge is -2.11. The fraction of sp³-hybridized carbons (Fsp3) is 0.200. The third kappa shape index (κ3) is 3.84. The third-order valence-electron chi connectivity index (χ3n) is 4.20. The van der Waals surface area contributed by atoms with Crippen molar-refractivity contribution in [2.45, 2.75) is 18.7 Å². The predicted octanol–water partition coefficient (Wildman–Crippen LogP) is 2.90. The smallest absolute Gasteiger partial charge is 0.363 e. The quantitative estimate of drug-likeness (QED) is 0.600. The van der Waals surface area contributed by atoms with Crippen LogP contribution in [0.25, 0.3) is 6.08 Å². The summed E-state index contributed by atoms with van der Waals surface area (Å²) < 4.78 is 31.0. The van der Waals surface area contributed by atoms with Gasteiger partial charge < -0.3 is 4.74 Å². The van der Waals surface area contributed by atoms with Crippen LogP contribution in [0, 0.1) is 13.8 Å².